The first kappa shape index (κ1) is 20.3. The molecule has 0 atom stereocenters. The van der Waals surface area contributed by atoms with Gasteiger partial charge in [0.1, 0.15) is 17.2 Å². The number of hydrogen-bond donors (Lipinski definition) is 0. The van der Waals surface area contributed by atoms with Gasteiger partial charge in [0.05, 0.1) is 17.7 Å². The van der Waals surface area contributed by atoms with E-state index in [2.05, 4.69) is 0 Å². The molecule has 3 aromatic rings. The number of carbonyl (C=O) groups is 2. The summed E-state index contributed by atoms with van der Waals surface area (Å²) in [6, 6.07) is 15.3. The molecule has 0 N–H and O–H groups in total. The van der Waals surface area contributed by atoms with Gasteiger partial charge in [-0.2, -0.15) is 0 Å². The summed E-state index contributed by atoms with van der Waals surface area (Å²) in [7, 11) is 0. The van der Waals surface area contributed by atoms with E-state index in [0.717, 1.165) is 11.1 Å². The van der Waals surface area contributed by atoms with E-state index < -0.39 is 5.97 Å². The lowest BCUT2D eigenvalue weighted by atomic mass is 10.1. The van der Waals surface area contributed by atoms with Gasteiger partial charge in [0.25, 0.3) is 0 Å². The molecule has 0 amide bonds. The van der Waals surface area contributed by atoms with E-state index in [1.165, 1.54) is 6.07 Å². The molecule has 0 radical (unpaired) electrons. The highest BCUT2D eigenvalue weighted by atomic mass is 35.5. The standard InChI is InChI=1S/C25H17ClO6/c1-14-3-2-4-15(7-14)25(28)31-19-5-6-20-21(11-19)32-22(23(20)27)10-16-8-18(26)9-17-12-29-13-30-24(16)17/h2-11H,12-13H2,1H3/b22-10-. The first-order valence-corrected chi connectivity index (χ1v) is 10.3. The molecule has 0 bridgehead atoms. The third-order valence-corrected chi connectivity index (χ3v) is 5.31. The van der Waals surface area contributed by atoms with Gasteiger partial charge in [0, 0.05) is 22.2 Å². The minimum Gasteiger partial charge on any atom is -0.467 e. The number of ketones is 1. The molecule has 0 aliphatic carbocycles. The van der Waals surface area contributed by atoms with Crippen molar-refractivity contribution in [3.8, 4) is 17.2 Å². The van der Waals surface area contributed by atoms with Crippen molar-refractivity contribution in [1.29, 1.82) is 0 Å². The van der Waals surface area contributed by atoms with Crippen molar-refractivity contribution >= 4 is 29.4 Å². The highest BCUT2D eigenvalue weighted by Gasteiger charge is 2.29. The second-order valence-corrected chi connectivity index (χ2v) is 7.89. The molecule has 0 fully saturated rings. The van der Waals surface area contributed by atoms with E-state index in [9.17, 15) is 9.59 Å². The fraction of sp³-hybridized carbons (Fsp3) is 0.120. The van der Waals surface area contributed by atoms with Gasteiger partial charge in [0.15, 0.2) is 12.6 Å². The van der Waals surface area contributed by atoms with Crippen LogP contribution in [0.25, 0.3) is 6.08 Å². The highest BCUT2D eigenvalue weighted by molar-refractivity contribution is 6.31. The lowest BCUT2D eigenvalue weighted by Crippen LogP contribution is -2.12. The van der Waals surface area contributed by atoms with Crippen LogP contribution in [-0.4, -0.2) is 18.5 Å². The molecule has 0 saturated carbocycles. The van der Waals surface area contributed by atoms with Crippen LogP contribution in [0.5, 0.6) is 17.2 Å². The van der Waals surface area contributed by atoms with Crippen molar-refractivity contribution in [2.45, 2.75) is 13.5 Å². The predicted molar refractivity (Wildman–Crippen MR) is 117 cm³/mol. The number of halogens is 1. The second-order valence-electron chi connectivity index (χ2n) is 7.45. The minimum atomic E-state index is -0.487. The lowest BCUT2D eigenvalue weighted by molar-refractivity contribution is -0.0165. The normalized spacial score (nSPS) is 15.6. The van der Waals surface area contributed by atoms with E-state index >= 15 is 0 Å². The van der Waals surface area contributed by atoms with E-state index in [1.807, 2.05) is 13.0 Å². The Bertz CT molecular complexity index is 1290. The molecular weight excluding hydrogens is 432 g/mol. The number of esters is 1. The minimum absolute atomic E-state index is 0.121. The van der Waals surface area contributed by atoms with Gasteiger partial charge < -0.3 is 18.9 Å². The number of allylic oxidation sites excluding steroid dienone is 1. The number of benzene rings is 3. The molecule has 2 aliphatic rings. The maximum atomic E-state index is 12.8. The third kappa shape index (κ3) is 3.86. The predicted octanol–water partition coefficient (Wildman–Crippen LogP) is 5.35. The van der Waals surface area contributed by atoms with Gasteiger partial charge in [0.2, 0.25) is 5.78 Å². The van der Waals surface area contributed by atoms with Gasteiger partial charge in [-0.05, 0) is 49.4 Å². The Kier molecular flexibility index (Phi) is 5.17. The summed E-state index contributed by atoms with van der Waals surface area (Å²) in [5, 5.41) is 0.498. The van der Waals surface area contributed by atoms with Crippen molar-refractivity contribution < 1.29 is 28.5 Å². The Balaban J connectivity index is 1.41. The molecule has 160 valence electrons. The Morgan fingerprint density at radius 3 is 2.84 bits per heavy atom. The Morgan fingerprint density at radius 2 is 2.00 bits per heavy atom. The molecule has 0 unspecified atom stereocenters. The van der Waals surface area contributed by atoms with Gasteiger partial charge >= 0.3 is 5.97 Å². The second kappa shape index (κ2) is 8.15. The van der Waals surface area contributed by atoms with Gasteiger partial charge in [-0.15, -0.1) is 0 Å². The van der Waals surface area contributed by atoms with Crippen LogP contribution in [0.3, 0.4) is 0 Å². The van der Waals surface area contributed by atoms with E-state index in [0.29, 0.717) is 39.8 Å². The smallest absolute Gasteiger partial charge is 0.343 e. The van der Waals surface area contributed by atoms with Crippen molar-refractivity contribution in [1.82, 2.24) is 0 Å². The molecule has 3 aromatic carbocycles. The van der Waals surface area contributed by atoms with Crippen molar-refractivity contribution in [2.24, 2.45) is 0 Å². The Morgan fingerprint density at radius 1 is 1.12 bits per heavy atom. The average Bonchev–Trinajstić information content (AvgIpc) is 3.08. The molecule has 0 aromatic heterocycles. The van der Waals surface area contributed by atoms with Crippen LogP contribution in [0.4, 0.5) is 0 Å². The summed E-state index contributed by atoms with van der Waals surface area (Å²) >= 11 is 6.21. The number of carbonyl (C=O) groups excluding carboxylic acids is 2. The number of Topliss-reactive ketones (excluding diaryl/α,β-unsaturated/α-hetero) is 1. The monoisotopic (exact) mass is 448 g/mol. The molecule has 0 saturated heterocycles. The van der Waals surface area contributed by atoms with E-state index in [4.69, 9.17) is 30.5 Å². The van der Waals surface area contributed by atoms with Gasteiger partial charge in [-0.25, -0.2) is 4.79 Å². The van der Waals surface area contributed by atoms with Crippen LogP contribution >= 0.6 is 11.6 Å². The fourth-order valence-corrected chi connectivity index (χ4v) is 3.88. The van der Waals surface area contributed by atoms with Gasteiger partial charge in [-0.3, -0.25) is 4.79 Å². The summed E-state index contributed by atoms with van der Waals surface area (Å²) in [6.45, 7) is 2.39. The van der Waals surface area contributed by atoms with Crippen LogP contribution in [0, 0.1) is 6.92 Å². The molecule has 5 rings (SSSR count). The number of aryl methyl sites for hydroxylation is 1. The van der Waals surface area contributed by atoms with Crippen LogP contribution in [0.2, 0.25) is 5.02 Å². The Labute approximate surface area is 188 Å². The zero-order chi connectivity index (χ0) is 22.2. The highest BCUT2D eigenvalue weighted by Crippen LogP contribution is 2.38. The molecule has 7 heteroatoms. The number of hydrogen-bond acceptors (Lipinski definition) is 6. The van der Waals surface area contributed by atoms with Crippen molar-refractivity contribution in [2.75, 3.05) is 6.79 Å². The van der Waals surface area contributed by atoms with Gasteiger partial charge in [-0.1, -0.05) is 29.3 Å². The van der Waals surface area contributed by atoms with Crippen molar-refractivity contribution in [3.05, 3.63) is 93.2 Å². The molecular formula is C25H17ClO6. The maximum Gasteiger partial charge on any atom is 0.343 e. The third-order valence-electron chi connectivity index (χ3n) is 5.10. The largest absolute Gasteiger partial charge is 0.467 e. The summed E-state index contributed by atoms with van der Waals surface area (Å²) in [6.07, 6.45) is 1.59. The van der Waals surface area contributed by atoms with Crippen molar-refractivity contribution in [3.63, 3.8) is 0 Å². The maximum absolute atomic E-state index is 12.8. The van der Waals surface area contributed by atoms with E-state index in [-0.39, 0.29) is 24.1 Å². The summed E-state index contributed by atoms with van der Waals surface area (Å²) in [4.78, 5) is 25.3. The zero-order valence-corrected chi connectivity index (χ0v) is 17.8. The SMILES string of the molecule is Cc1cccc(C(=O)Oc2ccc3c(c2)O/C(=C\c2cc(Cl)cc4c2OCOC4)C3=O)c1. The molecule has 2 aliphatic heterocycles. The molecule has 32 heavy (non-hydrogen) atoms. The number of fused-ring (bicyclic) bond motifs is 2. The summed E-state index contributed by atoms with van der Waals surface area (Å²) in [5.41, 5.74) is 3.20. The zero-order valence-electron chi connectivity index (χ0n) is 17.0. The number of ether oxygens (including phenoxy) is 4. The fourth-order valence-electron chi connectivity index (χ4n) is 3.63. The van der Waals surface area contributed by atoms with Crippen LogP contribution in [0.1, 0.15) is 37.4 Å². The molecule has 0 spiro atoms. The summed E-state index contributed by atoms with van der Waals surface area (Å²) < 4.78 is 22.1. The lowest BCUT2D eigenvalue weighted by Gasteiger charge is -2.20. The number of rotatable bonds is 3. The molecule has 6 nitrogen and oxygen atoms in total. The average molecular weight is 449 g/mol. The Hall–Kier alpha value is -3.61. The quantitative estimate of drug-likeness (QED) is 0.305. The molecule has 2 heterocycles. The topological polar surface area (TPSA) is 71.1 Å². The summed E-state index contributed by atoms with van der Waals surface area (Å²) in [5.74, 6) is 0.562. The van der Waals surface area contributed by atoms with Crippen LogP contribution < -0.4 is 14.2 Å². The van der Waals surface area contributed by atoms with Crippen LogP contribution in [0.15, 0.2) is 60.4 Å². The first-order chi connectivity index (χ1) is 15.5. The van der Waals surface area contributed by atoms with E-state index in [1.54, 1.807) is 48.5 Å². The van der Waals surface area contributed by atoms with Crippen LogP contribution in [-0.2, 0) is 11.3 Å². The first-order valence-electron chi connectivity index (χ1n) is 9.88.